The smallest absolute Gasteiger partial charge is 0.146 e. The lowest BCUT2D eigenvalue weighted by Crippen LogP contribution is -2.40. The topological polar surface area (TPSA) is 75.3 Å². The van der Waals surface area contributed by atoms with Crippen molar-refractivity contribution in [2.75, 3.05) is 31.6 Å². The Labute approximate surface area is 140 Å². The maximum absolute atomic E-state index is 12.0. The molecular weight excluding hydrogens is 320 g/mol. The summed E-state index contributed by atoms with van der Waals surface area (Å²) in [5, 5.41) is 6.03. The highest BCUT2D eigenvalue weighted by Crippen LogP contribution is 2.30. The molecule has 0 aromatic carbocycles. The third kappa shape index (κ3) is 7.76. The van der Waals surface area contributed by atoms with Crippen LogP contribution in [0.3, 0.4) is 0 Å². The Hall–Kier alpha value is -0.370. The molecule has 2 atom stereocenters. The molecule has 5 nitrogen and oxygen atoms in total. The van der Waals surface area contributed by atoms with E-state index in [-0.39, 0.29) is 35.9 Å². The monoisotopic (exact) mass is 346 g/mol. The first-order valence-electron chi connectivity index (χ1n) is 7.71. The van der Waals surface area contributed by atoms with Crippen molar-refractivity contribution in [3.63, 3.8) is 0 Å². The van der Waals surface area contributed by atoms with E-state index in [1.165, 1.54) is 6.92 Å². The standard InChI is InChI=1S/C15H26N2O3S2/c1-11(18)14(5-7-16-2)17-9-13(19)4-3-12-6-8-21-22-10-15(12)20/h12,14,16-17H,3-10H2,1-2H3/t12-,14+/m1/s1. The van der Waals surface area contributed by atoms with Crippen LogP contribution in [-0.2, 0) is 14.4 Å². The minimum atomic E-state index is -0.274. The summed E-state index contributed by atoms with van der Waals surface area (Å²) in [6.45, 7) is 2.48. The number of carbonyl (C=O) groups is 3. The second kappa shape index (κ2) is 11.2. The van der Waals surface area contributed by atoms with Crippen molar-refractivity contribution in [3.8, 4) is 0 Å². The largest absolute Gasteiger partial charge is 0.320 e. The number of hydrogen-bond acceptors (Lipinski definition) is 7. The number of ketones is 3. The SMILES string of the molecule is CNCC[C@H](NCC(=O)CC[C@@H]1CCSSCC1=O)C(C)=O. The average molecular weight is 347 g/mol. The highest BCUT2D eigenvalue weighted by atomic mass is 33.1. The molecule has 0 radical (unpaired) electrons. The summed E-state index contributed by atoms with van der Waals surface area (Å²) < 4.78 is 0. The third-order valence-corrected chi connectivity index (χ3v) is 6.11. The number of carbonyl (C=O) groups excluding carboxylic acids is 3. The highest BCUT2D eigenvalue weighted by molar-refractivity contribution is 8.76. The summed E-state index contributed by atoms with van der Waals surface area (Å²) in [5.74, 6) is 1.96. The van der Waals surface area contributed by atoms with Gasteiger partial charge in [0.15, 0.2) is 0 Å². The van der Waals surface area contributed by atoms with Gasteiger partial charge < -0.3 is 10.6 Å². The normalized spacial score (nSPS) is 20.5. The zero-order valence-corrected chi connectivity index (χ0v) is 15.0. The van der Waals surface area contributed by atoms with Gasteiger partial charge in [-0.15, -0.1) is 0 Å². The third-order valence-electron chi connectivity index (χ3n) is 3.78. The number of nitrogens with one attached hydrogen (secondary N) is 2. The summed E-state index contributed by atoms with van der Waals surface area (Å²) in [6, 6.07) is -0.274. The van der Waals surface area contributed by atoms with Crippen molar-refractivity contribution in [3.05, 3.63) is 0 Å². The predicted molar refractivity (Wildman–Crippen MR) is 93.3 cm³/mol. The Morgan fingerprint density at radius 3 is 2.82 bits per heavy atom. The summed E-state index contributed by atoms with van der Waals surface area (Å²) in [4.78, 5) is 35.4. The lowest BCUT2D eigenvalue weighted by Gasteiger charge is -2.16. The van der Waals surface area contributed by atoms with Gasteiger partial charge in [0, 0.05) is 18.1 Å². The Morgan fingerprint density at radius 1 is 1.36 bits per heavy atom. The number of Topliss-reactive ketones (excluding diaryl/α,β-unsaturated/α-hetero) is 3. The predicted octanol–water partition coefficient (Wildman–Crippen LogP) is 1.46. The van der Waals surface area contributed by atoms with Crippen molar-refractivity contribution in [1.82, 2.24) is 10.6 Å². The Morgan fingerprint density at radius 2 is 2.14 bits per heavy atom. The second-order valence-corrected chi connectivity index (χ2v) is 8.13. The molecule has 0 saturated carbocycles. The molecule has 1 saturated heterocycles. The Kier molecular flexibility index (Phi) is 10.0. The summed E-state index contributed by atoms with van der Waals surface area (Å²) in [7, 11) is 5.19. The molecule has 0 amide bonds. The molecule has 0 aromatic rings. The molecule has 7 heteroatoms. The van der Waals surface area contributed by atoms with Crippen molar-refractivity contribution >= 4 is 38.9 Å². The molecule has 1 aliphatic rings. The van der Waals surface area contributed by atoms with Crippen LogP contribution in [0.2, 0.25) is 0 Å². The average Bonchev–Trinajstić information content (AvgIpc) is 2.69. The van der Waals surface area contributed by atoms with Crippen molar-refractivity contribution in [2.45, 2.75) is 38.6 Å². The van der Waals surface area contributed by atoms with E-state index in [0.29, 0.717) is 25.0 Å². The first-order valence-corrected chi connectivity index (χ1v) is 10.2. The van der Waals surface area contributed by atoms with E-state index in [0.717, 1.165) is 18.7 Å². The van der Waals surface area contributed by atoms with E-state index in [9.17, 15) is 14.4 Å². The molecule has 1 fully saturated rings. The van der Waals surface area contributed by atoms with Crippen LogP contribution in [0.25, 0.3) is 0 Å². The summed E-state index contributed by atoms with van der Waals surface area (Å²) in [6.07, 6.45) is 2.60. The minimum Gasteiger partial charge on any atom is -0.320 e. The van der Waals surface area contributed by atoms with E-state index in [1.807, 2.05) is 7.05 Å². The molecule has 1 aliphatic heterocycles. The fourth-order valence-electron chi connectivity index (χ4n) is 2.33. The lowest BCUT2D eigenvalue weighted by molar-refractivity contribution is -0.121. The molecule has 0 unspecified atom stereocenters. The van der Waals surface area contributed by atoms with Gasteiger partial charge in [-0.05, 0) is 39.8 Å². The quantitative estimate of drug-likeness (QED) is 0.580. The van der Waals surface area contributed by atoms with Gasteiger partial charge in [0.2, 0.25) is 0 Å². The fraction of sp³-hybridized carbons (Fsp3) is 0.800. The first-order chi connectivity index (χ1) is 10.5. The summed E-state index contributed by atoms with van der Waals surface area (Å²) in [5.41, 5.74) is 0. The molecule has 0 aliphatic carbocycles. The van der Waals surface area contributed by atoms with Gasteiger partial charge in [0.25, 0.3) is 0 Å². The summed E-state index contributed by atoms with van der Waals surface area (Å²) >= 11 is 0. The van der Waals surface area contributed by atoms with Crippen LogP contribution in [0.4, 0.5) is 0 Å². The molecule has 126 valence electrons. The second-order valence-electron chi connectivity index (χ2n) is 5.55. The van der Waals surface area contributed by atoms with Crippen LogP contribution in [0.5, 0.6) is 0 Å². The first kappa shape index (κ1) is 19.7. The van der Waals surface area contributed by atoms with Crippen molar-refractivity contribution < 1.29 is 14.4 Å². The van der Waals surface area contributed by atoms with Crippen LogP contribution < -0.4 is 10.6 Å². The zero-order valence-electron chi connectivity index (χ0n) is 13.4. The molecule has 1 rings (SSSR count). The van der Waals surface area contributed by atoms with E-state index < -0.39 is 0 Å². The van der Waals surface area contributed by atoms with Gasteiger partial charge >= 0.3 is 0 Å². The molecule has 0 spiro atoms. The van der Waals surface area contributed by atoms with Gasteiger partial charge in [-0.2, -0.15) is 0 Å². The van der Waals surface area contributed by atoms with E-state index >= 15 is 0 Å². The van der Waals surface area contributed by atoms with Gasteiger partial charge in [0.1, 0.15) is 17.3 Å². The van der Waals surface area contributed by atoms with Crippen LogP contribution in [-0.4, -0.2) is 55.0 Å². The zero-order chi connectivity index (χ0) is 16.4. The molecule has 22 heavy (non-hydrogen) atoms. The molecule has 1 heterocycles. The van der Waals surface area contributed by atoms with Crippen LogP contribution in [0.1, 0.15) is 32.6 Å². The fourth-order valence-corrected chi connectivity index (χ4v) is 4.51. The maximum atomic E-state index is 12.0. The molecule has 2 N–H and O–H groups in total. The highest BCUT2D eigenvalue weighted by Gasteiger charge is 2.22. The molecule has 0 bridgehead atoms. The van der Waals surface area contributed by atoms with E-state index in [4.69, 9.17) is 0 Å². The molecule has 0 aromatic heterocycles. The van der Waals surface area contributed by atoms with Gasteiger partial charge in [-0.25, -0.2) is 0 Å². The number of hydrogen-bond donors (Lipinski definition) is 2. The number of rotatable bonds is 10. The van der Waals surface area contributed by atoms with Gasteiger partial charge in [0.05, 0.1) is 18.3 Å². The van der Waals surface area contributed by atoms with E-state index in [2.05, 4.69) is 10.6 Å². The van der Waals surface area contributed by atoms with Crippen LogP contribution in [0.15, 0.2) is 0 Å². The van der Waals surface area contributed by atoms with Crippen LogP contribution in [0, 0.1) is 5.92 Å². The van der Waals surface area contributed by atoms with Gasteiger partial charge in [-0.1, -0.05) is 21.6 Å². The molecular formula is C15H26N2O3S2. The minimum absolute atomic E-state index is 0.0272. The van der Waals surface area contributed by atoms with Crippen molar-refractivity contribution in [2.24, 2.45) is 5.92 Å². The van der Waals surface area contributed by atoms with E-state index in [1.54, 1.807) is 21.6 Å². The van der Waals surface area contributed by atoms with Crippen molar-refractivity contribution in [1.29, 1.82) is 0 Å². The Bertz CT molecular complexity index is 391. The van der Waals surface area contributed by atoms with Crippen LogP contribution >= 0.6 is 21.6 Å². The lowest BCUT2D eigenvalue weighted by atomic mass is 9.95. The van der Waals surface area contributed by atoms with Gasteiger partial charge in [-0.3, -0.25) is 14.4 Å². The maximum Gasteiger partial charge on any atom is 0.146 e. The Balaban J connectivity index is 2.29.